The molecule has 4 heterocycles. The van der Waals surface area contributed by atoms with Gasteiger partial charge in [0.2, 0.25) is 0 Å². The molecule has 0 N–H and O–H groups in total. The molecule has 158 valence electrons. The molecular formula is C22H19Cl2N5OS. The minimum atomic E-state index is -0.0309. The summed E-state index contributed by atoms with van der Waals surface area (Å²) >= 11 is 13.8. The SMILES string of the molecule is O=C(c1csc(-c2ccccc2Cl)n1)N1CCN(Cc2cn3cc(Cl)ccc3n2)CC1. The number of hydrogen-bond acceptors (Lipinski definition) is 5. The van der Waals surface area contributed by atoms with Crippen molar-refractivity contribution in [1.29, 1.82) is 0 Å². The Bertz CT molecular complexity index is 1250. The van der Waals surface area contributed by atoms with E-state index in [4.69, 9.17) is 23.2 Å². The fraction of sp³-hybridized carbons (Fsp3) is 0.227. The highest BCUT2D eigenvalue weighted by Gasteiger charge is 2.24. The van der Waals surface area contributed by atoms with Crippen LogP contribution in [0.3, 0.4) is 0 Å². The summed E-state index contributed by atoms with van der Waals surface area (Å²) in [6.07, 6.45) is 3.86. The summed E-state index contributed by atoms with van der Waals surface area (Å²) in [6.45, 7) is 3.66. The number of rotatable bonds is 4. The monoisotopic (exact) mass is 471 g/mol. The Morgan fingerprint density at radius 3 is 2.61 bits per heavy atom. The largest absolute Gasteiger partial charge is 0.335 e. The molecule has 1 amide bonds. The third-order valence-corrected chi connectivity index (χ3v) is 6.77. The lowest BCUT2D eigenvalue weighted by atomic mass is 10.2. The van der Waals surface area contributed by atoms with E-state index < -0.39 is 0 Å². The number of imidazole rings is 1. The zero-order valence-corrected chi connectivity index (χ0v) is 18.9. The number of amides is 1. The molecule has 1 fully saturated rings. The van der Waals surface area contributed by atoms with Crippen LogP contribution in [0.2, 0.25) is 10.0 Å². The molecule has 9 heteroatoms. The van der Waals surface area contributed by atoms with Crippen molar-refractivity contribution < 1.29 is 4.79 Å². The first-order valence-corrected chi connectivity index (χ1v) is 11.6. The van der Waals surface area contributed by atoms with Crippen molar-refractivity contribution in [3.63, 3.8) is 0 Å². The predicted molar refractivity (Wildman–Crippen MR) is 124 cm³/mol. The minimum Gasteiger partial charge on any atom is -0.335 e. The third kappa shape index (κ3) is 4.32. The number of fused-ring (bicyclic) bond motifs is 1. The van der Waals surface area contributed by atoms with E-state index in [9.17, 15) is 4.79 Å². The summed E-state index contributed by atoms with van der Waals surface area (Å²) in [6, 6.07) is 11.3. The molecule has 1 aromatic carbocycles. The first-order valence-electron chi connectivity index (χ1n) is 9.92. The Kier molecular flexibility index (Phi) is 5.67. The number of halogens is 2. The maximum atomic E-state index is 12.9. The van der Waals surface area contributed by atoms with Gasteiger partial charge in [0.1, 0.15) is 16.3 Å². The third-order valence-electron chi connectivity index (χ3n) is 5.34. The van der Waals surface area contributed by atoms with Crippen molar-refractivity contribution in [2.45, 2.75) is 6.54 Å². The van der Waals surface area contributed by atoms with Crippen molar-refractivity contribution in [3.05, 3.63) is 75.6 Å². The van der Waals surface area contributed by atoms with Crippen LogP contribution in [0, 0.1) is 0 Å². The van der Waals surface area contributed by atoms with Crippen LogP contribution in [-0.2, 0) is 6.54 Å². The van der Waals surface area contributed by atoms with E-state index >= 15 is 0 Å². The number of hydrogen-bond donors (Lipinski definition) is 0. The predicted octanol–water partition coefficient (Wildman–Crippen LogP) is 4.72. The molecule has 0 unspecified atom stereocenters. The van der Waals surface area contributed by atoms with Crippen molar-refractivity contribution in [1.82, 2.24) is 24.2 Å². The quantitative estimate of drug-likeness (QED) is 0.431. The molecule has 31 heavy (non-hydrogen) atoms. The molecule has 5 rings (SSSR count). The minimum absolute atomic E-state index is 0.0309. The second-order valence-corrected chi connectivity index (χ2v) is 9.13. The van der Waals surface area contributed by atoms with Crippen LogP contribution in [0.15, 0.2) is 54.2 Å². The fourth-order valence-corrected chi connectivity index (χ4v) is 5.01. The Morgan fingerprint density at radius 1 is 1.00 bits per heavy atom. The van der Waals surface area contributed by atoms with Crippen LogP contribution in [0.25, 0.3) is 16.2 Å². The first kappa shape index (κ1) is 20.5. The maximum absolute atomic E-state index is 12.9. The van der Waals surface area contributed by atoms with Gasteiger partial charge in [0, 0.05) is 56.1 Å². The lowest BCUT2D eigenvalue weighted by Crippen LogP contribution is -2.48. The van der Waals surface area contributed by atoms with Gasteiger partial charge in [-0.15, -0.1) is 11.3 Å². The number of pyridine rings is 1. The number of carbonyl (C=O) groups excluding carboxylic acids is 1. The molecule has 0 saturated carbocycles. The Hall–Kier alpha value is -2.45. The lowest BCUT2D eigenvalue weighted by Gasteiger charge is -2.34. The molecule has 0 radical (unpaired) electrons. The van der Waals surface area contributed by atoms with Crippen LogP contribution in [0.1, 0.15) is 16.2 Å². The number of nitrogens with zero attached hydrogens (tertiary/aromatic N) is 5. The van der Waals surface area contributed by atoms with Gasteiger partial charge < -0.3 is 9.30 Å². The Labute approximate surface area is 193 Å². The van der Waals surface area contributed by atoms with Crippen LogP contribution >= 0.6 is 34.5 Å². The van der Waals surface area contributed by atoms with Gasteiger partial charge in [-0.1, -0.05) is 41.4 Å². The molecule has 0 atom stereocenters. The average Bonchev–Trinajstić information content (AvgIpc) is 3.41. The number of piperazine rings is 1. The molecule has 0 bridgehead atoms. The van der Waals surface area contributed by atoms with Gasteiger partial charge in [0.05, 0.1) is 15.7 Å². The van der Waals surface area contributed by atoms with Gasteiger partial charge in [-0.3, -0.25) is 9.69 Å². The highest BCUT2D eigenvalue weighted by molar-refractivity contribution is 7.13. The van der Waals surface area contributed by atoms with E-state index in [1.807, 2.05) is 63.5 Å². The van der Waals surface area contributed by atoms with Gasteiger partial charge in [0.15, 0.2) is 0 Å². The average molecular weight is 472 g/mol. The molecule has 4 aromatic rings. The topological polar surface area (TPSA) is 53.7 Å². The second-order valence-electron chi connectivity index (χ2n) is 7.43. The number of thiazole rings is 1. The smallest absolute Gasteiger partial charge is 0.273 e. The van der Waals surface area contributed by atoms with E-state index in [-0.39, 0.29) is 5.91 Å². The standard InChI is InChI=1S/C22H19Cl2N5OS/c23-15-5-6-20-25-16(13-29(20)11-15)12-27-7-9-28(10-8-27)22(30)19-14-31-21(26-19)17-3-1-2-4-18(17)24/h1-6,11,13-14H,7-10,12H2. The molecule has 3 aromatic heterocycles. The molecule has 1 aliphatic heterocycles. The van der Waals surface area contributed by atoms with E-state index in [0.717, 1.165) is 41.5 Å². The zero-order valence-electron chi connectivity index (χ0n) is 16.5. The highest BCUT2D eigenvalue weighted by atomic mass is 35.5. The summed E-state index contributed by atoms with van der Waals surface area (Å²) in [4.78, 5) is 26.3. The number of carbonyl (C=O) groups is 1. The molecule has 1 saturated heterocycles. The molecule has 0 aliphatic carbocycles. The van der Waals surface area contributed by atoms with E-state index in [1.54, 1.807) is 0 Å². The van der Waals surface area contributed by atoms with Crippen LogP contribution in [0.5, 0.6) is 0 Å². The van der Waals surface area contributed by atoms with Crippen molar-refractivity contribution >= 4 is 46.1 Å². The highest BCUT2D eigenvalue weighted by Crippen LogP contribution is 2.30. The summed E-state index contributed by atoms with van der Waals surface area (Å²) in [5.41, 5.74) is 3.20. The fourth-order valence-electron chi connectivity index (χ4n) is 3.72. The Balaban J connectivity index is 1.21. The van der Waals surface area contributed by atoms with E-state index in [2.05, 4.69) is 14.9 Å². The molecular weight excluding hydrogens is 453 g/mol. The van der Waals surface area contributed by atoms with Gasteiger partial charge in [-0.25, -0.2) is 9.97 Å². The first-order chi connectivity index (χ1) is 15.1. The van der Waals surface area contributed by atoms with Crippen molar-refractivity contribution in [2.24, 2.45) is 0 Å². The normalized spacial score (nSPS) is 15.0. The van der Waals surface area contributed by atoms with Crippen LogP contribution in [0.4, 0.5) is 0 Å². The van der Waals surface area contributed by atoms with Crippen LogP contribution in [-0.4, -0.2) is 56.3 Å². The summed E-state index contributed by atoms with van der Waals surface area (Å²) < 4.78 is 1.94. The maximum Gasteiger partial charge on any atom is 0.273 e. The number of benzene rings is 1. The summed E-state index contributed by atoms with van der Waals surface area (Å²) in [5, 5.41) is 3.90. The van der Waals surface area contributed by atoms with Gasteiger partial charge in [-0.2, -0.15) is 0 Å². The van der Waals surface area contributed by atoms with Crippen molar-refractivity contribution in [2.75, 3.05) is 26.2 Å². The van der Waals surface area contributed by atoms with E-state index in [0.29, 0.717) is 28.8 Å². The number of aromatic nitrogens is 3. The van der Waals surface area contributed by atoms with Gasteiger partial charge in [-0.05, 0) is 18.2 Å². The molecule has 6 nitrogen and oxygen atoms in total. The second kappa shape index (κ2) is 8.59. The van der Waals surface area contributed by atoms with Gasteiger partial charge in [0.25, 0.3) is 5.91 Å². The zero-order chi connectivity index (χ0) is 21.4. The lowest BCUT2D eigenvalue weighted by molar-refractivity contribution is 0.0622. The van der Waals surface area contributed by atoms with E-state index in [1.165, 1.54) is 11.3 Å². The Morgan fingerprint density at radius 2 is 1.81 bits per heavy atom. The van der Waals surface area contributed by atoms with Gasteiger partial charge >= 0.3 is 0 Å². The van der Waals surface area contributed by atoms with Crippen LogP contribution < -0.4 is 0 Å². The molecule has 0 spiro atoms. The summed E-state index contributed by atoms with van der Waals surface area (Å²) in [7, 11) is 0. The van der Waals surface area contributed by atoms with Crippen molar-refractivity contribution in [3.8, 4) is 10.6 Å². The molecule has 1 aliphatic rings. The summed E-state index contributed by atoms with van der Waals surface area (Å²) in [5.74, 6) is -0.0309.